The van der Waals surface area contributed by atoms with E-state index in [0.717, 1.165) is 0 Å². The van der Waals surface area contributed by atoms with Gasteiger partial charge in [-0.1, -0.05) is 23.7 Å². The molecule has 0 bridgehead atoms. The van der Waals surface area contributed by atoms with Gasteiger partial charge in [0.25, 0.3) is 0 Å². The lowest BCUT2D eigenvalue weighted by Gasteiger charge is -2.07. The summed E-state index contributed by atoms with van der Waals surface area (Å²) in [6.45, 7) is -0.171. The first-order chi connectivity index (χ1) is 6.89. The number of hydrogen-bond acceptors (Lipinski definition) is 1. The summed E-state index contributed by atoms with van der Waals surface area (Å²) >= 11 is 5.58. The number of carbonyl (C=O) groups is 1. The number of alkyl halides is 3. The van der Waals surface area contributed by atoms with Crippen molar-refractivity contribution in [2.45, 2.75) is 12.7 Å². The third kappa shape index (κ3) is 3.79. The monoisotopic (exact) mass is 237 g/mol. The Labute approximate surface area is 89.0 Å². The third-order valence-corrected chi connectivity index (χ3v) is 1.88. The second-order valence-electron chi connectivity index (χ2n) is 2.81. The van der Waals surface area contributed by atoms with E-state index >= 15 is 0 Å². The van der Waals surface area contributed by atoms with Crippen LogP contribution in [0.5, 0.6) is 0 Å². The predicted octanol–water partition coefficient (Wildman–Crippen LogP) is 2.52. The average molecular weight is 238 g/mol. The second-order valence-corrected chi connectivity index (χ2v) is 3.24. The largest absolute Gasteiger partial charge is 0.471 e. The van der Waals surface area contributed by atoms with Crippen LogP contribution in [0.15, 0.2) is 24.3 Å². The van der Waals surface area contributed by atoms with Gasteiger partial charge in [-0.2, -0.15) is 13.2 Å². The summed E-state index contributed by atoms with van der Waals surface area (Å²) < 4.78 is 35.3. The summed E-state index contributed by atoms with van der Waals surface area (Å²) in [5.41, 5.74) is 0.553. The SMILES string of the molecule is O=C(NCc1ccc(Cl)cc1)C(F)(F)F. The molecule has 0 aromatic heterocycles. The molecule has 0 aliphatic carbocycles. The van der Waals surface area contributed by atoms with Crippen molar-refractivity contribution in [1.82, 2.24) is 5.32 Å². The Morgan fingerprint density at radius 1 is 1.27 bits per heavy atom. The van der Waals surface area contributed by atoms with Crippen molar-refractivity contribution in [2.75, 3.05) is 0 Å². The van der Waals surface area contributed by atoms with Crippen molar-refractivity contribution in [3.05, 3.63) is 34.9 Å². The molecule has 1 aromatic rings. The summed E-state index contributed by atoms with van der Waals surface area (Å²) in [5, 5.41) is 2.24. The van der Waals surface area contributed by atoms with Crippen LogP contribution in [0.3, 0.4) is 0 Å². The molecule has 0 spiro atoms. The molecule has 82 valence electrons. The van der Waals surface area contributed by atoms with E-state index in [1.165, 1.54) is 12.1 Å². The Morgan fingerprint density at radius 2 is 1.80 bits per heavy atom. The fourth-order valence-electron chi connectivity index (χ4n) is 0.885. The maximum absolute atomic E-state index is 11.8. The summed E-state index contributed by atoms with van der Waals surface area (Å²) in [4.78, 5) is 10.4. The molecule has 1 N–H and O–H groups in total. The van der Waals surface area contributed by atoms with Crippen molar-refractivity contribution in [3.63, 3.8) is 0 Å². The molecule has 0 radical (unpaired) electrons. The van der Waals surface area contributed by atoms with Crippen LogP contribution in [0.2, 0.25) is 5.02 Å². The minimum atomic E-state index is -4.84. The maximum Gasteiger partial charge on any atom is 0.471 e. The summed E-state index contributed by atoms with van der Waals surface area (Å²) in [6.07, 6.45) is -4.84. The van der Waals surface area contributed by atoms with Gasteiger partial charge >= 0.3 is 12.1 Å². The molecule has 0 aliphatic heterocycles. The molecule has 0 fully saturated rings. The minimum absolute atomic E-state index is 0.171. The Balaban J connectivity index is 2.51. The number of nitrogens with one attached hydrogen (secondary N) is 1. The van der Waals surface area contributed by atoms with Gasteiger partial charge in [0, 0.05) is 11.6 Å². The molecule has 0 heterocycles. The Hall–Kier alpha value is -1.23. The van der Waals surface area contributed by atoms with Crippen LogP contribution in [0.4, 0.5) is 13.2 Å². The molecule has 1 rings (SSSR count). The standard InChI is InChI=1S/C9H7ClF3NO/c10-7-3-1-6(2-4-7)5-14-8(15)9(11,12)13/h1-4H,5H2,(H,14,15). The fourth-order valence-corrected chi connectivity index (χ4v) is 1.01. The number of amides is 1. The van der Waals surface area contributed by atoms with E-state index in [1.54, 1.807) is 17.4 Å². The van der Waals surface area contributed by atoms with Gasteiger partial charge in [0.15, 0.2) is 0 Å². The van der Waals surface area contributed by atoms with Gasteiger partial charge < -0.3 is 5.32 Å². The van der Waals surface area contributed by atoms with Crippen LogP contribution in [0.25, 0.3) is 0 Å². The molecule has 0 aliphatic rings. The highest BCUT2D eigenvalue weighted by Gasteiger charge is 2.38. The first kappa shape index (κ1) is 11.8. The Bertz CT molecular complexity index is 347. The fraction of sp³-hybridized carbons (Fsp3) is 0.222. The summed E-state index contributed by atoms with van der Waals surface area (Å²) in [7, 11) is 0. The molecule has 6 heteroatoms. The average Bonchev–Trinajstić information content (AvgIpc) is 2.15. The van der Waals surface area contributed by atoms with Crippen LogP contribution < -0.4 is 5.32 Å². The number of halogens is 4. The van der Waals surface area contributed by atoms with Crippen molar-refractivity contribution in [2.24, 2.45) is 0 Å². The highest BCUT2D eigenvalue weighted by Crippen LogP contribution is 2.15. The van der Waals surface area contributed by atoms with Gasteiger partial charge in [-0.05, 0) is 17.7 Å². The highest BCUT2D eigenvalue weighted by atomic mass is 35.5. The topological polar surface area (TPSA) is 29.1 Å². The minimum Gasteiger partial charge on any atom is -0.344 e. The number of benzene rings is 1. The smallest absolute Gasteiger partial charge is 0.344 e. The van der Waals surface area contributed by atoms with E-state index < -0.39 is 12.1 Å². The Kier molecular flexibility index (Phi) is 3.57. The molecular weight excluding hydrogens is 231 g/mol. The van der Waals surface area contributed by atoms with Crippen LogP contribution >= 0.6 is 11.6 Å². The quantitative estimate of drug-likeness (QED) is 0.841. The second kappa shape index (κ2) is 4.53. The molecule has 1 aromatic carbocycles. The van der Waals surface area contributed by atoms with Gasteiger partial charge in [-0.3, -0.25) is 4.79 Å². The lowest BCUT2D eigenvalue weighted by Crippen LogP contribution is -2.36. The highest BCUT2D eigenvalue weighted by molar-refractivity contribution is 6.30. The van der Waals surface area contributed by atoms with E-state index in [1.807, 2.05) is 0 Å². The van der Waals surface area contributed by atoms with Gasteiger partial charge in [0.2, 0.25) is 0 Å². The van der Waals surface area contributed by atoms with Gasteiger partial charge in [0.1, 0.15) is 0 Å². The number of carbonyl (C=O) groups excluding carboxylic acids is 1. The van der Waals surface area contributed by atoms with Crippen molar-refractivity contribution >= 4 is 17.5 Å². The van der Waals surface area contributed by atoms with E-state index in [-0.39, 0.29) is 6.54 Å². The summed E-state index contributed by atoms with van der Waals surface area (Å²) in [6, 6.07) is 6.16. The maximum atomic E-state index is 11.8. The van der Waals surface area contributed by atoms with Crippen LogP contribution in [-0.4, -0.2) is 12.1 Å². The zero-order chi connectivity index (χ0) is 11.5. The van der Waals surface area contributed by atoms with Gasteiger partial charge in [-0.15, -0.1) is 0 Å². The predicted molar refractivity (Wildman–Crippen MR) is 49.4 cm³/mol. The van der Waals surface area contributed by atoms with Crippen LogP contribution in [0.1, 0.15) is 5.56 Å². The zero-order valence-electron chi connectivity index (χ0n) is 7.44. The number of hydrogen-bond donors (Lipinski definition) is 1. The normalized spacial score (nSPS) is 11.2. The molecule has 2 nitrogen and oxygen atoms in total. The molecule has 0 atom stereocenters. The van der Waals surface area contributed by atoms with Crippen LogP contribution in [0, 0.1) is 0 Å². The Morgan fingerprint density at radius 3 is 2.27 bits per heavy atom. The van der Waals surface area contributed by atoms with Crippen molar-refractivity contribution in [1.29, 1.82) is 0 Å². The van der Waals surface area contributed by atoms with E-state index in [0.29, 0.717) is 10.6 Å². The molecule has 1 amide bonds. The molecule has 0 saturated heterocycles. The first-order valence-electron chi connectivity index (χ1n) is 3.99. The van der Waals surface area contributed by atoms with E-state index in [2.05, 4.69) is 0 Å². The van der Waals surface area contributed by atoms with E-state index in [9.17, 15) is 18.0 Å². The van der Waals surface area contributed by atoms with Crippen molar-refractivity contribution in [3.8, 4) is 0 Å². The van der Waals surface area contributed by atoms with Gasteiger partial charge in [-0.25, -0.2) is 0 Å². The zero-order valence-corrected chi connectivity index (χ0v) is 8.19. The molecular formula is C9H7ClF3NO. The van der Waals surface area contributed by atoms with E-state index in [4.69, 9.17) is 11.6 Å². The van der Waals surface area contributed by atoms with Crippen LogP contribution in [-0.2, 0) is 11.3 Å². The molecule has 15 heavy (non-hydrogen) atoms. The lowest BCUT2D eigenvalue weighted by molar-refractivity contribution is -0.173. The molecule has 0 unspecified atom stereocenters. The van der Waals surface area contributed by atoms with Crippen molar-refractivity contribution < 1.29 is 18.0 Å². The van der Waals surface area contributed by atoms with Gasteiger partial charge in [0.05, 0.1) is 0 Å². The first-order valence-corrected chi connectivity index (χ1v) is 4.37. The molecule has 0 saturated carbocycles. The summed E-state index contributed by atoms with van der Waals surface area (Å²) in [5.74, 6) is -1.95. The lowest BCUT2D eigenvalue weighted by atomic mass is 10.2. The third-order valence-electron chi connectivity index (χ3n) is 1.62. The number of rotatable bonds is 2.